The number of rotatable bonds is 4. The monoisotopic (exact) mass is 397 g/mol. The average Bonchev–Trinajstić information content (AvgIpc) is 2.71. The highest BCUT2D eigenvalue weighted by atomic mass is 16.6. The molecular weight excluding hydrogens is 374 g/mol. The van der Waals surface area contributed by atoms with E-state index in [0.717, 1.165) is 5.56 Å². The van der Waals surface area contributed by atoms with Gasteiger partial charge in [0.05, 0.1) is 0 Å². The Labute approximate surface area is 169 Å². The van der Waals surface area contributed by atoms with Gasteiger partial charge in [0.1, 0.15) is 6.61 Å². The summed E-state index contributed by atoms with van der Waals surface area (Å²) in [6.45, 7) is 5.60. The predicted molar refractivity (Wildman–Crippen MR) is 105 cm³/mol. The number of fused-ring (bicyclic) bond motifs is 1. The van der Waals surface area contributed by atoms with Gasteiger partial charge in [-0.2, -0.15) is 0 Å². The maximum absolute atomic E-state index is 12.2. The standard InChI is InChI=1S/C22H23NO6/c1-22(2,3)15-10-8-14(9-11-15)20(25)23-19(24)13-28-21(26)18-12-27-16-6-4-5-7-17(16)29-18/h4-11,18H,12-13H2,1-3H3,(H,23,24,25)/t18-/m1/s1. The zero-order chi connectivity index (χ0) is 21.0. The van der Waals surface area contributed by atoms with Crippen LogP contribution in [0.4, 0.5) is 0 Å². The van der Waals surface area contributed by atoms with E-state index in [1.54, 1.807) is 36.4 Å². The Hall–Kier alpha value is -3.35. The lowest BCUT2D eigenvalue weighted by Crippen LogP contribution is -2.40. The van der Waals surface area contributed by atoms with Gasteiger partial charge in [0.15, 0.2) is 18.1 Å². The van der Waals surface area contributed by atoms with Crippen molar-refractivity contribution in [1.82, 2.24) is 5.32 Å². The molecule has 0 saturated carbocycles. The van der Waals surface area contributed by atoms with Crippen LogP contribution in [0.15, 0.2) is 48.5 Å². The molecule has 0 radical (unpaired) electrons. The number of hydrogen-bond donors (Lipinski definition) is 1. The van der Waals surface area contributed by atoms with E-state index >= 15 is 0 Å². The first-order valence-electron chi connectivity index (χ1n) is 9.24. The maximum Gasteiger partial charge on any atom is 0.351 e. The van der Waals surface area contributed by atoms with Gasteiger partial charge in [-0.05, 0) is 35.2 Å². The van der Waals surface area contributed by atoms with Crippen LogP contribution in [0.3, 0.4) is 0 Å². The molecule has 1 heterocycles. The smallest absolute Gasteiger partial charge is 0.351 e. The first-order chi connectivity index (χ1) is 13.7. The number of amides is 2. The van der Waals surface area contributed by atoms with Gasteiger partial charge in [-0.15, -0.1) is 0 Å². The third-order valence-corrected chi connectivity index (χ3v) is 4.38. The minimum absolute atomic E-state index is 0.0173. The van der Waals surface area contributed by atoms with E-state index in [0.29, 0.717) is 17.1 Å². The summed E-state index contributed by atoms with van der Waals surface area (Å²) in [7, 11) is 0. The number of para-hydroxylation sites is 2. The lowest BCUT2D eigenvalue weighted by molar-refractivity contribution is -0.157. The lowest BCUT2D eigenvalue weighted by atomic mass is 9.87. The van der Waals surface area contributed by atoms with E-state index in [4.69, 9.17) is 14.2 Å². The number of benzene rings is 2. The molecule has 7 heteroatoms. The van der Waals surface area contributed by atoms with Crippen LogP contribution in [0.25, 0.3) is 0 Å². The Balaban J connectivity index is 1.48. The molecule has 0 fully saturated rings. The van der Waals surface area contributed by atoms with Crippen LogP contribution in [0, 0.1) is 0 Å². The minimum atomic E-state index is -0.974. The zero-order valence-corrected chi connectivity index (χ0v) is 16.6. The van der Waals surface area contributed by atoms with Gasteiger partial charge in [-0.1, -0.05) is 45.0 Å². The summed E-state index contributed by atoms with van der Waals surface area (Å²) in [5.41, 5.74) is 1.38. The summed E-state index contributed by atoms with van der Waals surface area (Å²) in [4.78, 5) is 36.2. The Kier molecular flexibility index (Phi) is 5.87. The van der Waals surface area contributed by atoms with Gasteiger partial charge in [0.2, 0.25) is 6.10 Å². The van der Waals surface area contributed by atoms with Crippen LogP contribution in [-0.4, -0.2) is 37.1 Å². The van der Waals surface area contributed by atoms with Crippen LogP contribution >= 0.6 is 0 Å². The maximum atomic E-state index is 12.2. The van der Waals surface area contributed by atoms with Crippen LogP contribution in [0.1, 0.15) is 36.7 Å². The second kappa shape index (κ2) is 8.34. The highest BCUT2D eigenvalue weighted by Crippen LogP contribution is 2.31. The van der Waals surface area contributed by atoms with Crippen LogP contribution in [-0.2, 0) is 19.7 Å². The third-order valence-electron chi connectivity index (χ3n) is 4.38. The largest absolute Gasteiger partial charge is 0.485 e. The molecule has 3 rings (SSSR count). The first kappa shape index (κ1) is 20.4. The number of hydrogen-bond acceptors (Lipinski definition) is 6. The van der Waals surface area contributed by atoms with Crippen LogP contribution < -0.4 is 14.8 Å². The van der Waals surface area contributed by atoms with Crippen molar-refractivity contribution in [3.63, 3.8) is 0 Å². The molecule has 0 aromatic heterocycles. The molecule has 2 aromatic rings. The van der Waals surface area contributed by atoms with Crippen molar-refractivity contribution >= 4 is 17.8 Å². The number of nitrogens with one attached hydrogen (secondary N) is 1. The normalized spacial score (nSPS) is 15.3. The summed E-state index contributed by atoms with van der Waals surface area (Å²) in [5, 5.41) is 2.20. The molecule has 0 bridgehead atoms. The van der Waals surface area contributed by atoms with Crippen molar-refractivity contribution in [3.8, 4) is 11.5 Å². The second-order valence-corrected chi connectivity index (χ2v) is 7.68. The van der Waals surface area contributed by atoms with Crippen LogP contribution in [0.2, 0.25) is 0 Å². The van der Waals surface area contributed by atoms with Gasteiger partial charge in [0, 0.05) is 5.56 Å². The Morgan fingerprint density at radius 2 is 1.69 bits per heavy atom. The van der Waals surface area contributed by atoms with E-state index in [2.05, 4.69) is 26.1 Å². The molecule has 0 unspecified atom stereocenters. The third kappa shape index (κ3) is 5.13. The number of imide groups is 1. The quantitative estimate of drug-likeness (QED) is 0.798. The molecule has 29 heavy (non-hydrogen) atoms. The molecule has 1 aliphatic rings. The fourth-order valence-electron chi connectivity index (χ4n) is 2.72. The number of carbonyl (C=O) groups is 3. The zero-order valence-electron chi connectivity index (χ0n) is 16.6. The van der Waals surface area contributed by atoms with Crippen molar-refractivity contribution in [1.29, 1.82) is 0 Å². The molecule has 1 N–H and O–H groups in total. The Morgan fingerprint density at radius 3 is 2.34 bits per heavy atom. The first-order valence-corrected chi connectivity index (χ1v) is 9.24. The lowest BCUT2D eigenvalue weighted by Gasteiger charge is -2.24. The highest BCUT2D eigenvalue weighted by molar-refractivity contribution is 6.05. The average molecular weight is 397 g/mol. The van der Waals surface area contributed by atoms with Gasteiger partial charge in [-0.3, -0.25) is 14.9 Å². The second-order valence-electron chi connectivity index (χ2n) is 7.68. The molecular formula is C22H23NO6. The Morgan fingerprint density at radius 1 is 1.03 bits per heavy atom. The van der Waals surface area contributed by atoms with Gasteiger partial charge in [-0.25, -0.2) is 4.79 Å². The summed E-state index contributed by atoms with van der Waals surface area (Å²) in [6.07, 6.45) is -0.974. The van der Waals surface area contributed by atoms with Gasteiger partial charge >= 0.3 is 5.97 Å². The topological polar surface area (TPSA) is 90.9 Å². The van der Waals surface area contributed by atoms with Gasteiger partial charge < -0.3 is 14.2 Å². The van der Waals surface area contributed by atoms with Crippen molar-refractivity contribution < 1.29 is 28.6 Å². The molecule has 152 valence electrons. The number of ether oxygens (including phenoxy) is 3. The van der Waals surface area contributed by atoms with E-state index in [1.165, 1.54) is 0 Å². The summed E-state index contributed by atoms with van der Waals surface area (Å²) in [6, 6.07) is 13.9. The Bertz CT molecular complexity index is 914. The molecule has 2 amide bonds. The highest BCUT2D eigenvalue weighted by Gasteiger charge is 2.29. The summed E-state index contributed by atoms with van der Waals surface area (Å²) < 4.78 is 15.9. The molecule has 0 saturated heterocycles. The molecule has 0 aliphatic carbocycles. The minimum Gasteiger partial charge on any atom is -0.485 e. The van der Waals surface area contributed by atoms with E-state index < -0.39 is 30.5 Å². The van der Waals surface area contributed by atoms with E-state index in [-0.39, 0.29) is 12.0 Å². The fourth-order valence-corrected chi connectivity index (χ4v) is 2.72. The van der Waals surface area contributed by atoms with E-state index in [1.807, 2.05) is 12.1 Å². The molecule has 0 spiro atoms. The summed E-state index contributed by atoms with van der Waals surface area (Å²) >= 11 is 0. The van der Waals surface area contributed by atoms with Crippen LogP contribution in [0.5, 0.6) is 11.5 Å². The van der Waals surface area contributed by atoms with Gasteiger partial charge in [0.25, 0.3) is 11.8 Å². The SMILES string of the molecule is CC(C)(C)c1ccc(C(=O)NC(=O)COC(=O)[C@H]2COc3ccccc3O2)cc1. The predicted octanol–water partition coefficient (Wildman–Crippen LogP) is 2.62. The summed E-state index contributed by atoms with van der Waals surface area (Å²) in [5.74, 6) is -1.05. The molecule has 1 aliphatic heterocycles. The van der Waals surface area contributed by atoms with Crippen molar-refractivity contribution in [2.24, 2.45) is 0 Å². The van der Waals surface area contributed by atoms with Crippen molar-refractivity contribution in [3.05, 3.63) is 59.7 Å². The number of esters is 1. The molecule has 2 aromatic carbocycles. The van der Waals surface area contributed by atoms with Crippen molar-refractivity contribution in [2.75, 3.05) is 13.2 Å². The van der Waals surface area contributed by atoms with E-state index in [9.17, 15) is 14.4 Å². The molecule has 7 nitrogen and oxygen atoms in total. The number of carbonyl (C=O) groups excluding carboxylic acids is 3. The molecule has 1 atom stereocenters. The fraction of sp³-hybridized carbons (Fsp3) is 0.318. The van der Waals surface area contributed by atoms with Crippen molar-refractivity contribution in [2.45, 2.75) is 32.3 Å².